The number of nitrogens with zero attached hydrogens (tertiary/aromatic N) is 1. The molecule has 0 amide bonds. The summed E-state index contributed by atoms with van der Waals surface area (Å²) >= 11 is 0. The molecule has 1 aliphatic heterocycles. The van der Waals surface area contributed by atoms with E-state index in [0.29, 0.717) is 26.3 Å². The summed E-state index contributed by atoms with van der Waals surface area (Å²) < 4.78 is 9.80. The minimum Gasteiger partial charge on any atom is -0.468 e. The lowest BCUT2D eigenvalue weighted by Gasteiger charge is -2.31. The minimum atomic E-state index is -0.443. The van der Waals surface area contributed by atoms with E-state index in [4.69, 9.17) is 4.74 Å². The van der Waals surface area contributed by atoms with E-state index in [2.05, 4.69) is 4.74 Å². The van der Waals surface area contributed by atoms with Gasteiger partial charge in [-0.3, -0.25) is 9.69 Å². The zero-order chi connectivity index (χ0) is 10.4. The molecule has 0 N–H and O–H groups in total. The van der Waals surface area contributed by atoms with E-state index in [-0.39, 0.29) is 12.4 Å². The van der Waals surface area contributed by atoms with Gasteiger partial charge >= 0.3 is 5.97 Å². The van der Waals surface area contributed by atoms with Crippen molar-refractivity contribution in [2.24, 2.45) is 0 Å². The summed E-state index contributed by atoms with van der Waals surface area (Å²) in [6, 6.07) is -0.443. The molecule has 1 rings (SSSR count). The van der Waals surface area contributed by atoms with E-state index < -0.39 is 6.04 Å². The fourth-order valence-corrected chi connectivity index (χ4v) is 1.51. The maximum Gasteiger partial charge on any atom is 0.323 e. The van der Waals surface area contributed by atoms with Gasteiger partial charge in [0.2, 0.25) is 0 Å². The highest BCUT2D eigenvalue weighted by Gasteiger charge is 2.27. The Morgan fingerprint density at radius 1 is 1.57 bits per heavy atom. The molecule has 1 aliphatic rings. The Bertz CT molecular complexity index is 201. The maximum absolute atomic E-state index is 11.3. The van der Waals surface area contributed by atoms with Crippen molar-refractivity contribution >= 4 is 12.3 Å². The molecule has 1 heterocycles. The summed E-state index contributed by atoms with van der Waals surface area (Å²) in [6.07, 6.45) is 0.934. The fourth-order valence-electron chi connectivity index (χ4n) is 1.51. The number of carbonyl (C=O) groups excluding carboxylic acids is 2. The highest BCUT2D eigenvalue weighted by atomic mass is 16.5. The van der Waals surface area contributed by atoms with Crippen LogP contribution in [0.4, 0.5) is 0 Å². The van der Waals surface area contributed by atoms with Crippen LogP contribution in [0.5, 0.6) is 0 Å². The summed E-state index contributed by atoms with van der Waals surface area (Å²) in [6.45, 7) is 2.56. The van der Waals surface area contributed by atoms with Crippen LogP contribution in [-0.4, -0.2) is 56.6 Å². The number of aldehydes is 1. The first-order chi connectivity index (χ1) is 6.79. The van der Waals surface area contributed by atoms with Crippen LogP contribution in [0.1, 0.15) is 6.42 Å². The maximum atomic E-state index is 11.3. The van der Waals surface area contributed by atoms with Crippen LogP contribution in [0.3, 0.4) is 0 Å². The van der Waals surface area contributed by atoms with E-state index >= 15 is 0 Å². The first-order valence-corrected chi connectivity index (χ1v) is 4.63. The summed E-state index contributed by atoms with van der Waals surface area (Å²) in [5.74, 6) is -0.348. The Kier molecular flexibility index (Phi) is 4.55. The van der Waals surface area contributed by atoms with Crippen LogP contribution < -0.4 is 0 Å². The van der Waals surface area contributed by atoms with Gasteiger partial charge in [0.05, 0.1) is 20.3 Å². The number of rotatable bonds is 4. The van der Waals surface area contributed by atoms with E-state index in [1.807, 2.05) is 4.90 Å². The highest BCUT2D eigenvalue weighted by Crippen LogP contribution is 2.08. The molecule has 0 radical (unpaired) electrons. The highest BCUT2D eigenvalue weighted by molar-refractivity contribution is 5.78. The van der Waals surface area contributed by atoms with Crippen LogP contribution in [0, 0.1) is 0 Å². The molecule has 0 aromatic heterocycles. The molecular formula is C9H15NO4. The predicted octanol–water partition coefficient (Wildman–Crippen LogP) is -0.551. The third-order valence-electron chi connectivity index (χ3n) is 2.28. The van der Waals surface area contributed by atoms with Gasteiger partial charge in [-0.25, -0.2) is 0 Å². The van der Waals surface area contributed by atoms with Crippen LogP contribution in [-0.2, 0) is 19.1 Å². The number of esters is 1. The molecule has 5 heteroatoms. The van der Waals surface area contributed by atoms with Crippen molar-refractivity contribution in [1.29, 1.82) is 0 Å². The van der Waals surface area contributed by atoms with E-state index in [1.54, 1.807) is 0 Å². The van der Waals surface area contributed by atoms with Gasteiger partial charge in [0.15, 0.2) is 0 Å². The Morgan fingerprint density at radius 3 is 2.71 bits per heavy atom. The average Bonchev–Trinajstić information content (AvgIpc) is 2.26. The second-order valence-electron chi connectivity index (χ2n) is 3.09. The largest absolute Gasteiger partial charge is 0.468 e. The monoisotopic (exact) mass is 201 g/mol. The second kappa shape index (κ2) is 5.72. The van der Waals surface area contributed by atoms with Gasteiger partial charge in [0.1, 0.15) is 12.3 Å². The Labute approximate surface area is 83.0 Å². The summed E-state index contributed by atoms with van der Waals surface area (Å²) in [7, 11) is 1.33. The molecule has 1 unspecified atom stereocenters. The van der Waals surface area contributed by atoms with Crippen molar-refractivity contribution < 1.29 is 19.1 Å². The van der Waals surface area contributed by atoms with Gasteiger partial charge in [-0.1, -0.05) is 0 Å². The number of morpholine rings is 1. The number of ether oxygens (including phenoxy) is 2. The number of methoxy groups -OCH3 is 1. The van der Waals surface area contributed by atoms with Gasteiger partial charge in [-0.15, -0.1) is 0 Å². The van der Waals surface area contributed by atoms with Crippen molar-refractivity contribution in [3.8, 4) is 0 Å². The van der Waals surface area contributed by atoms with Gasteiger partial charge in [0.25, 0.3) is 0 Å². The zero-order valence-electron chi connectivity index (χ0n) is 8.27. The van der Waals surface area contributed by atoms with Crippen LogP contribution in [0.2, 0.25) is 0 Å². The molecule has 80 valence electrons. The lowest BCUT2D eigenvalue weighted by molar-refractivity contribution is -0.149. The van der Waals surface area contributed by atoms with E-state index in [0.717, 1.165) is 6.29 Å². The fraction of sp³-hybridized carbons (Fsp3) is 0.778. The molecule has 1 atom stereocenters. The topological polar surface area (TPSA) is 55.8 Å². The lowest BCUT2D eigenvalue weighted by Crippen LogP contribution is -2.48. The van der Waals surface area contributed by atoms with Crippen molar-refractivity contribution in [3.05, 3.63) is 0 Å². The Balaban J connectivity index is 2.55. The molecular weight excluding hydrogens is 186 g/mol. The zero-order valence-corrected chi connectivity index (χ0v) is 8.27. The Morgan fingerprint density at radius 2 is 2.21 bits per heavy atom. The normalized spacial score (nSPS) is 20.1. The number of carbonyl (C=O) groups is 2. The predicted molar refractivity (Wildman–Crippen MR) is 48.9 cm³/mol. The molecule has 14 heavy (non-hydrogen) atoms. The molecule has 0 spiro atoms. The van der Waals surface area contributed by atoms with Crippen LogP contribution in [0.25, 0.3) is 0 Å². The lowest BCUT2D eigenvalue weighted by atomic mass is 10.2. The van der Waals surface area contributed by atoms with Crippen LogP contribution >= 0.6 is 0 Å². The molecule has 0 aromatic rings. The van der Waals surface area contributed by atoms with E-state index in [9.17, 15) is 9.59 Å². The number of hydrogen-bond donors (Lipinski definition) is 0. The Hall–Kier alpha value is -0.940. The quantitative estimate of drug-likeness (QED) is 0.451. The third-order valence-corrected chi connectivity index (χ3v) is 2.28. The number of hydrogen-bond acceptors (Lipinski definition) is 5. The smallest absolute Gasteiger partial charge is 0.323 e. The minimum absolute atomic E-state index is 0.187. The second-order valence-corrected chi connectivity index (χ2v) is 3.09. The third kappa shape index (κ3) is 2.78. The van der Waals surface area contributed by atoms with Gasteiger partial charge < -0.3 is 14.3 Å². The summed E-state index contributed by atoms with van der Waals surface area (Å²) in [4.78, 5) is 23.7. The molecule has 5 nitrogen and oxygen atoms in total. The SMILES string of the molecule is COC(=O)C(CC=O)N1CCOCC1. The first kappa shape index (κ1) is 11.1. The standard InChI is InChI=1S/C9H15NO4/c1-13-9(12)8(2-5-11)10-3-6-14-7-4-10/h5,8H,2-4,6-7H2,1H3. The van der Waals surface area contributed by atoms with Gasteiger partial charge in [-0.05, 0) is 0 Å². The van der Waals surface area contributed by atoms with Crippen LogP contribution in [0.15, 0.2) is 0 Å². The summed E-state index contributed by atoms with van der Waals surface area (Å²) in [5.41, 5.74) is 0. The summed E-state index contributed by atoms with van der Waals surface area (Å²) in [5, 5.41) is 0. The van der Waals surface area contributed by atoms with Crippen molar-refractivity contribution in [3.63, 3.8) is 0 Å². The molecule has 0 aliphatic carbocycles. The average molecular weight is 201 g/mol. The van der Waals surface area contributed by atoms with Gasteiger partial charge in [0, 0.05) is 19.5 Å². The first-order valence-electron chi connectivity index (χ1n) is 4.63. The van der Waals surface area contributed by atoms with Gasteiger partial charge in [-0.2, -0.15) is 0 Å². The van der Waals surface area contributed by atoms with Crippen molar-refractivity contribution in [1.82, 2.24) is 4.90 Å². The molecule has 0 saturated carbocycles. The van der Waals surface area contributed by atoms with E-state index in [1.165, 1.54) is 7.11 Å². The molecule has 0 bridgehead atoms. The molecule has 1 fully saturated rings. The van der Waals surface area contributed by atoms with Crippen molar-refractivity contribution in [2.75, 3.05) is 33.4 Å². The van der Waals surface area contributed by atoms with Crippen molar-refractivity contribution in [2.45, 2.75) is 12.5 Å². The molecule has 0 aromatic carbocycles. The molecule has 1 saturated heterocycles.